The van der Waals surface area contributed by atoms with Crippen LogP contribution in [-0.4, -0.2) is 12.4 Å². The largest absolute Gasteiger partial charge is 0.493 e. The van der Waals surface area contributed by atoms with E-state index in [2.05, 4.69) is 0 Å². The Labute approximate surface area is 93.8 Å². The zero-order chi connectivity index (χ0) is 11.0. The van der Waals surface area contributed by atoms with E-state index >= 15 is 0 Å². The molecule has 0 radical (unpaired) electrons. The summed E-state index contributed by atoms with van der Waals surface area (Å²) in [6.07, 6.45) is 1.39. The Morgan fingerprint density at radius 3 is 2.88 bits per heavy atom. The van der Waals surface area contributed by atoms with Crippen molar-refractivity contribution >= 4 is 16.6 Å². The third-order valence-electron chi connectivity index (χ3n) is 2.98. The molecule has 16 heavy (non-hydrogen) atoms. The first-order valence-corrected chi connectivity index (χ1v) is 5.54. The van der Waals surface area contributed by atoms with Crippen LogP contribution in [0.3, 0.4) is 0 Å². The van der Waals surface area contributed by atoms with Crippen LogP contribution in [0.2, 0.25) is 0 Å². The van der Waals surface area contributed by atoms with Gasteiger partial charge in [-0.1, -0.05) is 30.3 Å². The predicted molar refractivity (Wildman–Crippen MR) is 63.0 cm³/mol. The molecule has 0 bridgehead atoms. The lowest BCUT2D eigenvalue weighted by Crippen LogP contribution is -1.98. The summed E-state index contributed by atoms with van der Waals surface area (Å²) < 4.78 is 5.61. The van der Waals surface area contributed by atoms with E-state index < -0.39 is 0 Å². The van der Waals surface area contributed by atoms with Gasteiger partial charge in [0.15, 0.2) is 5.78 Å². The minimum absolute atomic E-state index is 0.198. The summed E-state index contributed by atoms with van der Waals surface area (Å²) in [4.78, 5) is 12.0. The smallest absolute Gasteiger partial charge is 0.167 e. The number of benzene rings is 2. The first kappa shape index (κ1) is 9.40. The van der Waals surface area contributed by atoms with E-state index in [-0.39, 0.29) is 5.78 Å². The van der Waals surface area contributed by atoms with Crippen molar-refractivity contribution in [2.24, 2.45) is 0 Å². The molecule has 2 heteroatoms. The average molecular weight is 212 g/mol. The fourth-order valence-electron chi connectivity index (χ4n) is 2.20. The van der Waals surface area contributed by atoms with Crippen LogP contribution >= 0.6 is 0 Å². The van der Waals surface area contributed by atoms with Gasteiger partial charge >= 0.3 is 0 Å². The highest BCUT2D eigenvalue weighted by atomic mass is 16.5. The summed E-state index contributed by atoms with van der Waals surface area (Å²) in [6, 6.07) is 11.9. The highest BCUT2D eigenvalue weighted by Gasteiger charge is 2.18. The number of hydrogen-bond acceptors (Lipinski definition) is 2. The first-order valence-electron chi connectivity index (χ1n) is 5.54. The second-order valence-corrected chi connectivity index (χ2v) is 4.04. The molecule has 3 rings (SSSR count). The molecule has 1 aliphatic heterocycles. The standard InChI is InChI=1S/C14H12O2/c15-12-6-3-9-16-13-8-7-10-4-1-2-5-11(10)14(12)13/h1-2,4-5,7-8H,3,6,9H2. The molecule has 0 unspecified atom stereocenters. The van der Waals surface area contributed by atoms with Crippen molar-refractivity contribution < 1.29 is 9.53 Å². The molecular formula is C14H12O2. The molecule has 0 spiro atoms. The van der Waals surface area contributed by atoms with E-state index in [0.29, 0.717) is 13.0 Å². The molecule has 0 saturated heterocycles. The van der Waals surface area contributed by atoms with Crippen LogP contribution in [0.5, 0.6) is 5.75 Å². The van der Waals surface area contributed by atoms with Crippen LogP contribution in [0.1, 0.15) is 23.2 Å². The van der Waals surface area contributed by atoms with Gasteiger partial charge in [-0.2, -0.15) is 0 Å². The van der Waals surface area contributed by atoms with Gasteiger partial charge in [-0.25, -0.2) is 0 Å². The normalized spacial score (nSPS) is 15.4. The molecule has 0 saturated carbocycles. The van der Waals surface area contributed by atoms with Crippen molar-refractivity contribution in [3.63, 3.8) is 0 Å². The summed E-state index contributed by atoms with van der Waals surface area (Å²) in [5.41, 5.74) is 0.760. The number of carbonyl (C=O) groups excluding carboxylic acids is 1. The van der Waals surface area contributed by atoms with Crippen molar-refractivity contribution in [1.82, 2.24) is 0 Å². The van der Waals surface area contributed by atoms with Gasteiger partial charge in [-0.05, 0) is 23.3 Å². The van der Waals surface area contributed by atoms with Crippen molar-refractivity contribution in [1.29, 1.82) is 0 Å². The van der Waals surface area contributed by atoms with Crippen LogP contribution in [0, 0.1) is 0 Å². The molecule has 2 nitrogen and oxygen atoms in total. The van der Waals surface area contributed by atoms with Crippen molar-refractivity contribution in [2.75, 3.05) is 6.61 Å². The van der Waals surface area contributed by atoms with Crippen LogP contribution in [-0.2, 0) is 0 Å². The predicted octanol–water partition coefficient (Wildman–Crippen LogP) is 3.20. The number of fused-ring (bicyclic) bond motifs is 3. The summed E-state index contributed by atoms with van der Waals surface area (Å²) in [5, 5.41) is 2.10. The van der Waals surface area contributed by atoms with Crippen molar-refractivity contribution in [3.05, 3.63) is 42.0 Å². The minimum Gasteiger partial charge on any atom is -0.493 e. The Balaban J connectivity index is 2.35. The molecule has 80 valence electrons. The lowest BCUT2D eigenvalue weighted by Gasteiger charge is -2.08. The maximum absolute atomic E-state index is 12.0. The summed E-state index contributed by atoms with van der Waals surface area (Å²) in [7, 11) is 0. The Hall–Kier alpha value is -1.83. The third kappa shape index (κ3) is 1.38. The SMILES string of the molecule is O=C1CCCOc2ccc3ccccc3c21. The van der Waals surface area contributed by atoms with Crippen LogP contribution < -0.4 is 4.74 Å². The van der Waals surface area contributed by atoms with Crippen LogP contribution in [0.15, 0.2) is 36.4 Å². The molecule has 0 fully saturated rings. The molecular weight excluding hydrogens is 200 g/mol. The lowest BCUT2D eigenvalue weighted by molar-refractivity contribution is 0.0984. The van der Waals surface area contributed by atoms with Gasteiger partial charge in [0.2, 0.25) is 0 Å². The Bertz CT molecular complexity index is 558. The summed E-state index contributed by atoms with van der Waals surface area (Å²) in [5.74, 6) is 0.936. The number of ether oxygens (including phenoxy) is 1. The number of hydrogen-bond donors (Lipinski definition) is 0. The average Bonchev–Trinajstić information content (AvgIpc) is 2.51. The fourth-order valence-corrected chi connectivity index (χ4v) is 2.20. The second kappa shape index (κ2) is 3.63. The van der Waals surface area contributed by atoms with Gasteiger partial charge in [-0.15, -0.1) is 0 Å². The fraction of sp³-hybridized carbons (Fsp3) is 0.214. The lowest BCUT2D eigenvalue weighted by atomic mass is 9.99. The van der Waals surface area contributed by atoms with Crippen molar-refractivity contribution in [2.45, 2.75) is 12.8 Å². The van der Waals surface area contributed by atoms with E-state index in [0.717, 1.165) is 28.5 Å². The number of carbonyl (C=O) groups is 1. The van der Waals surface area contributed by atoms with Gasteiger partial charge in [0.1, 0.15) is 5.75 Å². The molecule has 1 heterocycles. The Morgan fingerprint density at radius 2 is 1.94 bits per heavy atom. The van der Waals surface area contributed by atoms with E-state index in [9.17, 15) is 4.79 Å². The highest BCUT2D eigenvalue weighted by molar-refractivity contribution is 6.10. The molecule has 2 aromatic carbocycles. The molecule has 2 aromatic rings. The topological polar surface area (TPSA) is 26.3 Å². The van der Waals surface area contributed by atoms with E-state index in [1.807, 2.05) is 36.4 Å². The van der Waals surface area contributed by atoms with Gasteiger partial charge in [0, 0.05) is 6.42 Å². The van der Waals surface area contributed by atoms with E-state index in [4.69, 9.17) is 4.74 Å². The maximum Gasteiger partial charge on any atom is 0.167 e. The summed E-state index contributed by atoms with van der Waals surface area (Å²) in [6.45, 7) is 0.636. The molecule has 1 aliphatic rings. The number of Topliss-reactive ketones (excluding diaryl/α,β-unsaturated/α-hetero) is 1. The van der Waals surface area contributed by atoms with Gasteiger partial charge < -0.3 is 4.74 Å². The Morgan fingerprint density at radius 1 is 1.06 bits per heavy atom. The third-order valence-corrected chi connectivity index (χ3v) is 2.98. The zero-order valence-corrected chi connectivity index (χ0v) is 8.90. The quantitative estimate of drug-likeness (QED) is 0.670. The van der Waals surface area contributed by atoms with E-state index in [1.54, 1.807) is 0 Å². The van der Waals surface area contributed by atoms with Gasteiger partial charge in [0.25, 0.3) is 0 Å². The molecule has 0 amide bonds. The molecule has 0 aromatic heterocycles. The zero-order valence-electron chi connectivity index (χ0n) is 8.90. The van der Waals surface area contributed by atoms with Gasteiger partial charge in [0.05, 0.1) is 12.2 Å². The van der Waals surface area contributed by atoms with Crippen LogP contribution in [0.25, 0.3) is 10.8 Å². The van der Waals surface area contributed by atoms with Crippen LogP contribution in [0.4, 0.5) is 0 Å². The maximum atomic E-state index is 12.0. The van der Waals surface area contributed by atoms with Crippen molar-refractivity contribution in [3.8, 4) is 5.75 Å². The molecule has 0 aliphatic carbocycles. The van der Waals surface area contributed by atoms with E-state index in [1.165, 1.54) is 0 Å². The molecule has 0 N–H and O–H groups in total. The number of ketones is 1. The number of rotatable bonds is 0. The summed E-state index contributed by atoms with van der Waals surface area (Å²) >= 11 is 0. The first-order chi connectivity index (χ1) is 7.86. The highest BCUT2D eigenvalue weighted by Crippen LogP contribution is 2.31. The minimum atomic E-state index is 0.198. The Kier molecular flexibility index (Phi) is 2.13. The monoisotopic (exact) mass is 212 g/mol. The second-order valence-electron chi connectivity index (χ2n) is 4.04. The van der Waals surface area contributed by atoms with Gasteiger partial charge in [-0.3, -0.25) is 4.79 Å². The molecule has 0 atom stereocenters.